The monoisotopic (exact) mass is 243 g/mol. The molecule has 1 aromatic heterocycles. The Kier molecular flexibility index (Phi) is 2.44. The van der Waals surface area contributed by atoms with E-state index in [9.17, 15) is 0 Å². The van der Waals surface area contributed by atoms with Crippen LogP contribution in [-0.4, -0.2) is 14.5 Å². The number of hydrogen-bond acceptors (Lipinski definition) is 2. The van der Waals surface area contributed by atoms with Gasteiger partial charge in [-0.2, -0.15) is 0 Å². The third-order valence-corrected chi connectivity index (χ3v) is 3.50. The standard InChI is InChI=1S/C13H13N3S/c14-12(17)13-15-5-6-16(13)8-10-7-9-3-1-2-4-11(9)10/h1-6,10H,7-8H2,(H2,14,17). The number of hydrogen-bond donors (Lipinski definition) is 1. The number of imidazole rings is 1. The lowest BCUT2D eigenvalue weighted by molar-refractivity contribution is 0.506. The van der Waals surface area contributed by atoms with Gasteiger partial charge in [0.15, 0.2) is 5.82 Å². The van der Waals surface area contributed by atoms with Crippen molar-refractivity contribution in [2.45, 2.75) is 18.9 Å². The van der Waals surface area contributed by atoms with Crippen LogP contribution in [0.4, 0.5) is 0 Å². The van der Waals surface area contributed by atoms with Crippen molar-refractivity contribution in [3.8, 4) is 0 Å². The summed E-state index contributed by atoms with van der Waals surface area (Å²) in [6, 6.07) is 8.56. The van der Waals surface area contributed by atoms with Gasteiger partial charge in [-0.25, -0.2) is 4.98 Å². The van der Waals surface area contributed by atoms with E-state index in [1.165, 1.54) is 11.1 Å². The topological polar surface area (TPSA) is 43.8 Å². The van der Waals surface area contributed by atoms with Crippen LogP contribution in [0, 0.1) is 0 Å². The van der Waals surface area contributed by atoms with Gasteiger partial charge in [-0.05, 0) is 17.5 Å². The molecule has 0 radical (unpaired) electrons. The second-order valence-corrected chi connectivity index (χ2v) is 4.81. The van der Waals surface area contributed by atoms with E-state index >= 15 is 0 Å². The first-order valence-corrected chi connectivity index (χ1v) is 6.05. The maximum atomic E-state index is 5.64. The average molecular weight is 243 g/mol. The lowest BCUT2D eigenvalue weighted by atomic mass is 9.77. The van der Waals surface area contributed by atoms with Gasteiger partial charge in [-0.1, -0.05) is 36.5 Å². The molecule has 1 atom stereocenters. The highest BCUT2D eigenvalue weighted by atomic mass is 32.1. The molecule has 0 fully saturated rings. The Morgan fingerprint density at radius 3 is 3.06 bits per heavy atom. The Morgan fingerprint density at radius 2 is 2.29 bits per heavy atom. The SMILES string of the molecule is NC(=S)c1nccn1CC1Cc2ccccc21. The van der Waals surface area contributed by atoms with Crippen LogP contribution in [0.5, 0.6) is 0 Å². The first-order valence-electron chi connectivity index (χ1n) is 5.64. The van der Waals surface area contributed by atoms with Crippen LogP contribution in [-0.2, 0) is 13.0 Å². The number of nitrogens with two attached hydrogens (primary N) is 1. The molecule has 1 heterocycles. The second-order valence-electron chi connectivity index (χ2n) is 4.37. The summed E-state index contributed by atoms with van der Waals surface area (Å²) >= 11 is 4.98. The lowest BCUT2D eigenvalue weighted by Gasteiger charge is -2.30. The molecule has 0 aliphatic heterocycles. The molecule has 3 rings (SSSR count). The zero-order valence-corrected chi connectivity index (χ0v) is 10.2. The van der Waals surface area contributed by atoms with Gasteiger partial charge < -0.3 is 10.3 Å². The maximum absolute atomic E-state index is 5.64. The van der Waals surface area contributed by atoms with Crippen molar-refractivity contribution in [3.05, 3.63) is 53.6 Å². The molecule has 1 aromatic carbocycles. The summed E-state index contributed by atoms with van der Waals surface area (Å²) in [6.07, 6.45) is 4.82. The molecule has 0 amide bonds. The summed E-state index contributed by atoms with van der Waals surface area (Å²) in [5.74, 6) is 1.28. The molecule has 0 saturated carbocycles. The van der Waals surface area contributed by atoms with E-state index in [1.807, 2.05) is 10.8 Å². The largest absolute Gasteiger partial charge is 0.387 e. The molecule has 86 valence electrons. The van der Waals surface area contributed by atoms with Gasteiger partial charge in [-0.3, -0.25) is 0 Å². The van der Waals surface area contributed by atoms with Crippen molar-refractivity contribution in [1.82, 2.24) is 9.55 Å². The molecule has 3 nitrogen and oxygen atoms in total. The molecule has 17 heavy (non-hydrogen) atoms. The Labute approximate surface area is 105 Å². The fraction of sp³-hybridized carbons (Fsp3) is 0.231. The molecule has 1 aliphatic rings. The molecular weight excluding hydrogens is 230 g/mol. The Balaban J connectivity index is 1.82. The van der Waals surface area contributed by atoms with Crippen LogP contribution in [0.25, 0.3) is 0 Å². The summed E-state index contributed by atoms with van der Waals surface area (Å²) in [7, 11) is 0. The van der Waals surface area contributed by atoms with Crippen molar-refractivity contribution in [2.24, 2.45) is 5.73 Å². The Morgan fingerprint density at radius 1 is 1.47 bits per heavy atom. The third-order valence-electron chi connectivity index (χ3n) is 3.31. The first-order chi connectivity index (χ1) is 8.25. The fourth-order valence-corrected chi connectivity index (χ4v) is 2.61. The quantitative estimate of drug-likeness (QED) is 0.837. The number of nitrogens with zero attached hydrogens (tertiary/aromatic N) is 2. The van der Waals surface area contributed by atoms with Gasteiger partial charge in [-0.15, -0.1) is 0 Å². The van der Waals surface area contributed by atoms with Gasteiger partial charge >= 0.3 is 0 Å². The van der Waals surface area contributed by atoms with Gasteiger partial charge in [0.1, 0.15) is 4.99 Å². The molecule has 0 saturated heterocycles. The number of fused-ring (bicyclic) bond motifs is 1. The smallest absolute Gasteiger partial charge is 0.167 e. The third kappa shape index (κ3) is 1.74. The molecule has 2 aromatic rings. The molecular formula is C13H13N3S. The van der Waals surface area contributed by atoms with E-state index in [1.54, 1.807) is 6.20 Å². The maximum Gasteiger partial charge on any atom is 0.167 e. The average Bonchev–Trinajstić information content (AvgIpc) is 2.74. The highest BCUT2D eigenvalue weighted by Gasteiger charge is 2.26. The molecule has 0 spiro atoms. The van der Waals surface area contributed by atoms with Crippen LogP contribution in [0.3, 0.4) is 0 Å². The predicted molar refractivity (Wildman–Crippen MR) is 71.0 cm³/mol. The number of benzene rings is 1. The molecule has 4 heteroatoms. The van der Waals surface area contributed by atoms with E-state index < -0.39 is 0 Å². The lowest BCUT2D eigenvalue weighted by Crippen LogP contribution is -2.25. The van der Waals surface area contributed by atoms with Gasteiger partial charge in [0.25, 0.3) is 0 Å². The van der Waals surface area contributed by atoms with Crippen molar-refractivity contribution in [3.63, 3.8) is 0 Å². The summed E-state index contributed by atoms with van der Waals surface area (Å²) in [5.41, 5.74) is 8.53. The minimum atomic E-state index is 0.364. The van der Waals surface area contributed by atoms with Gasteiger partial charge in [0.05, 0.1) is 0 Å². The van der Waals surface area contributed by atoms with E-state index in [2.05, 4.69) is 29.2 Å². The fourth-order valence-electron chi connectivity index (χ4n) is 2.44. The Hall–Kier alpha value is -1.68. The highest BCUT2D eigenvalue weighted by molar-refractivity contribution is 7.80. The summed E-state index contributed by atoms with van der Waals surface area (Å²) < 4.78 is 2.04. The van der Waals surface area contributed by atoms with Crippen LogP contribution < -0.4 is 5.73 Å². The van der Waals surface area contributed by atoms with Crippen LogP contribution in [0.1, 0.15) is 22.9 Å². The van der Waals surface area contributed by atoms with Crippen molar-refractivity contribution < 1.29 is 0 Å². The summed E-state index contributed by atoms with van der Waals surface area (Å²) in [6.45, 7) is 0.906. The number of thiocarbonyl (C=S) groups is 1. The van der Waals surface area contributed by atoms with Gasteiger partial charge in [0, 0.05) is 24.9 Å². The Bertz CT molecular complexity index is 574. The van der Waals surface area contributed by atoms with E-state index in [4.69, 9.17) is 18.0 Å². The molecule has 2 N–H and O–H groups in total. The zero-order chi connectivity index (χ0) is 11.8. The van der Waals surface area contributed by atoms with Crippen molar-refractivity contribution >= 4 is 17.2 Å². The minimum absolute atomic E-state index is 0.364. The van der Waals surface area contributed by atoms with Crippen LogP contribution in [0.2, 0.25) is 0 Å². The van der Waals surface area contributed by atoms with Crippen LogP contribution in [0.15, 0.2) is 36.7 Å². The van der Waals surface area contributed by atoms with Crippen molar-refractivity contribution in [2.75, 3.05) is 0 Å². The van der Waals surface area contributed by atoms with Crippen molar-refractivity contribution in [1.29, 1.82) is 0 Å². The highest BCUT2D eigenvalue weighted by Crippen LogP contribution is 2.35. The predicted octanol–water partition coefficient (Wildman–Crippen LogP) is 1.86. The number of rotatable bonds is 3. The van der Waals surface area contributed by atoms with E-state index in [0.717, 1.165) is 13.0 Å². The summed E-state index contributed by atoms with van der Waals surface area (Å²) in [5, 5.41) is 0. The zero-order valence-electron chi connectivity index (χ0n) is 9.34. The first kappa shape index (κ1) is 10.5. The van der Waals surface area contributed by atoms with Crippen LogP contribution >= 0.6 is 12.2 Å². The molecule has 1 aliphatic carbocycles. The molecule has 0 bridgehead atoms. The summed E-state index contributed by atoms with van der Waals surface area (Å²) in [4.78, 5) is 4.54. The van der Waals surface area contributed by atoms with Gasteiger partial charge in [0.2, 0.25) is 0 Å². The normalized spacial score (nSPS) is 17.3. The van der Waals surface area contributed by atoms with E-state index in [-0.39, 0.29) is 0 Å². The minimum Gasteiger partial charge on any atom is -0.387 e. The van der Waals surface area contributed by atoms with E-state index in [0.29, 0.717) is 16.7 Å². The molecule has 1 unspecified atom stereocenters. The number of aromatic nitrogens is 2. The second kappa shape index (κ2) is 3.96.